The third-order valence-corrected chi connectivity index (χ3v) is 5.68. The number of anilines is 1. The molecule has 2 aromatic rings. The Kier molecular flexibility index (Phi) is 6.59. The van der Waals surface area contributed by atoms with Crippen molar-refractivity contribution in [3.05, 3.63) is 59.9 Å². The summed E-state index contributed by atoms with van der Waals surface area (Å²) >= 11 is 0. The largest absolute Gasteiger partial charge is 0.462 e. The van der Waals surface area contributed by atoms with Crippen LogP contribution < -0.4 is 4.31 Å². The molecule has 0 bridgehead atoms. The van der Waals surface area contributed by atoms with E-state index in [4.69, 9.17) is 4.74 Å². The number of halogens is 1. The summed E-state index contributed by atoms with van der Waals surface area (Å²) in [6, 6.07) is 11.4. The zero-order valence-corrected chi connectivity index (χ0v) is 16.7. The van der Waals surface area contributed by atoms with Gasteiger partial charge in [-0.3, -0.25) is 9.10 Å². The van der Waals surface area contributed by atoms with Crippen LogP contribution in [0.3, 0.4) is 0 Å². The molecule has 0 fully saturated rings. The number of esters is 1. The van der Waals surface area contributed by atoms with E-state index in [9.17, 15) is 17.6 Å². The predicted octanol–water partition coefficient (Wildman–Crippen LogP) is 4.10. The van der Waals surface area contributed by atoms with Crippen molar-refractivity contribution in [1.82, 2.24) is 0 Å². The molecule has 0 aliphatic carbocycles. The van der Waals surface area contributed by atoms with Gasteiger partial charge in [-0.25, -0.2) is 12.8 Å². The maximum atomic E-state index is 13.2. The van der Waals surface area contributed by atoms with Crippen molar-refractivity contribution in [2.45, 2.75) is 44.6 Å². The Morgan fingerprint density at radius 3 is 2.04 bits per heavy atom. The second kappa shape index (κ2) is 8.52. The standard InChI is InChI=1S/C20H24FNO4S/c1-14(2)16-5-9-18(10-6-16)22(13-20(23)26-15(3)4)27(24,25)19-11-7-17(21)8-12-19/h5-12,14-15H,13H2,1-4H3. The molecule has 0 saturated heterocycles. The fourth-order valence-corrected chi connectivity index (χ4v) is 3.90. The number of ether oxygens (including phenoxy) is 1. The molecule has 0 amide bonds. The van der Waals surface area contributed by atoms with Crippen molar-refractivity contribution in [1.29, 1.82) is 0 Å². The topological polar surface area (TPSA) is 63.7 Å². The summed E-state index contributed by atoms with van der Waals surface area (Å²) in [5, 5.41) is 0. The second-order valence-electron chi connectivity index (χ2n) is 6.75. The first kappa shape index (κ1) is 20.9. The highest BCUT2D eigenvalue weighted by Crippen LogP contribution is 2.26. The Morgan fingerprint density at radius 1 is 1.00 bits per heavy atom. The summed E-state index contributed by atoms with van der Waals surface area (Å²) in [6.07, 6.45) is -0.365. The fraction of sp³-hybridized carbons (Fsp3) is 0.350. The lowest BCUT2D eigenvalue weighted by Gasteiger charge is -2.24. The molecule has 27 heavy (non-hydrogen) atoms. The van der Waals surface area contributed by atoms with Gasteiger partial charge in [0.2, 0.25) is 0 Å². The zero-order chi connectivity index (χ0) is 20.2. The highest BCUT2D eigenvalue weighted by Gasteiger charge is 2.28. The molecular formula is C20H24FNO4S. The predicted molar refractivity (Wildman–Crippen MR) is 103 cm³/mol. The van der Waals surface area contributed by atoms with Crippen molar-refractivity contribution in [2.24, 2.45) is 0 Å². The van der Waals surface area contributed by atoms with Crippen LogP contribution in [0.15, 0.2) is 53.4 Å². The molecule has 0 N–H and O–H groups in total. The zero-order valence-electron chi connectivity index (χ0n) is 15.8. The summed E-state index contributed by atoms with van der Waals surface area (Å²) in [4.78, 5) is 12.1. The van der Waals surface area contributed by atoms with E-state index < -0.39 is 28.4 Å². The molecule has 0 atom stereocenters. The first-order valence-electron chi connectivity index (χ1n) is 8.69. The fourth-order valence-electron chi connectivity index (χ4n) is 2.49. The van der Waals surface area contributed by atoms with Gasteiger partial charge >= 0.3 is 5.97 Å². The van der Waals surface area contributed by atoms with Crippen LogP contribution in [0.1, 0.15) is 39.2 Å². The minimum absolute atomic E-state index is 0.103. The van der Waals surface area contributed by atoms with E-state index in [2.05, 4.69) is 0 Å². The first-order valence-corrected chi connectivity index (χ1v) is 10.1. The number of nitrogens with zero attached hydrogens (tertiary/aromatic N) is 1. The lowest BCUT2D eigenvalue weighted by atomic mass is 10.0. The van der Waals surface area contributed by atoms with E-state index in [0.717, 1.165) is 22.0 Å². The van der Waals surface area contributed by atoms with E-state index in [1.165, 1.54) is 12.1 Å². The van der Waals surface area contributed by atoms with Gasteiger partial charge in [-0.05, 0) is 61.7 Å². The summed E-state index contributed by atoms with van der Waals surface area (Å²) in [5.41, 5.74) is 1.38. The van der Waals surface area contributed by atoms with Gasteiger partial charge in [0, 0.05) is 0 Å². The van der Waals surface area contributed by atoms with Gasteiger partial charge in [-0.1, -0.05) is 26.0 Å². The molecule has 0 radical (unpaired) electrons. The van der Waals surface area contributed by atoms with Crippen molar-refractivity contribution < 1.29 is 22.3 Å². The number of benzene rings is 2. The SMILES string of the molecule is CC(C)OC(=O)CN(c1ccc(C(C)C)cc1)S(=O)(=O)c1ccc(F)cc1. The van der Waals surface area contributed by atoms with Crippen LogP contribution in [0.2, 0.25) is 0 Å². The lowest BCUT2D eigenvalue weighted by molar-refractivity contribution is -0.145. The minimum atomic E-state index is -4.07. The quantitative estimate of drug-likeness (QED) is 0.665. The normalized spacial score (nSPS) is 11.7. The molecule has 146 valence electrons. The summed E-state index contributed by atoms with van der Waals surface area (Å²) in [7, 11) is -4.07. The van der Waals surface area contributed by atoms with Crippen LogP contribution in [0.25, 0.3) is 0 Å². The van der Waals surface area contributed by atoms with Crippen LogP contribution in [-0.2, 0) is 19.6 Å². The molecule has 0 aliphatic heterocycles. The molecule has 7 heteroatoms. The molecule has 2 aromatic carbocycles. The van der Waals surface area contributed by atoms with Gasteiger partial charge in [0.1, 0.15) is 12.4 Å². The smallest absolute Gasteiger partial charge is 0.327 e. The number of hydrogen-bond acceptors (Lipinski definition) is 4. The summed E-state index contributed by atoms with van der Waals surface area (Å²) in [6.45, 7) is 6.96. The maximum absolute atomic E-state index is 13.2. The highest BCUT2D eigenvalue weighted by atomic mass is 32.2. The Hall–Kier alpha value is -2.41. The number of carbonyl (C=O) groups excluding carboxylic acids is 1. The Labute approximate surface area is 159 Å². The van der Waals surface area contributed by atoms with Gasteiger partial charge in [0.15, 0.2) is 0 Å². The Balaban J connectivity index is 2.45. The molecular weight excluding hydrogens is 369 g/mol. The van der Waals surface area contributed by atoms with Crippen LogP contribution in [0, 0.1) is 5.82 Å². The number of rotatable bonds is 7. The molecule has 0 aliphatic rings. The van der Waals surface area contributed by atoms with Crippen molar-refractivity contribution in [3.8, 4) is 0 Å². The number of sulfonamides is 1. The molecule has 2 rings (SSSR count). The van der Waals surface area contributed by atoms with Gasteiger partial charge < -0.3 is 4.74 Å². The van der Waals surface area contributed by atoms with E-state index in [0.29, 0.717) is 5.69 Å². The molecule has 0 heterocycles. The van der Waals surface area contributed by atoms with Crippen LogP contribution in [-0.4, -0.2) is 27.0 Å². The van der Waals surface area contributed by atoms with Crippen molar-refractivity contribution >= 4 is 21.7 Å². The van der Waals surface area contributed by atoms with E-state index in [1.54, 1.807) is 26.0 Å². The monoisotopic (exact) mass is 393 g/mol. The Morgan fingerprint density at radius 2 is 1.56 bits per heavy atom. The van der Waals surface area contributed by atoms with E-state index >= 15 is 0 Å². The lowest BCUT2D eigenvalue weighted by Crippen LogP contribution is -2.37. The highest BCUT2D eigenvalue weighted by molar-refractivity contribution is 7.92. The van der Waals surface area contributed by atoms with E-state index in [-0.39, 0.29) is 16.9 Å². The maximum Gasteiger partial charge on any atom is 0.327 e. The second-order valence-corrected chi connectivity index (χ2v) is 8.61. The van der Waals surface area contributed by atoms with Gasteiger partial charge in [-0.2, -0.15) is 0 Å². The average molecular weight is 393 g/mol. The van der Waals surface area contributed by atoms with Gasteiger partial charge in [0.05, 0.1) is 16.7 Å². The molecule has 0 saturated carbocycles. The first-order chi connectivity index (χ1) is 12.6. The molecule has 0 aromatic heterocycles. The summed E-state index contributed by atoms with van der Waals surface area (Å²) in [5.74, 6) is -0.920. The summed E-state index contributed by atoms with van der Waals surface area (Å²) < 4.78 is 45.4. The van der Waals surface area contributed by atoms with Crippen LogP contribution in [0.5, 0.6) is 0 Å². The molecule has 0 unspecified atom stereocenters. The minimum Gasteiger partial charge on any atom is -0.462 e. The Bertz CT molecular complexity index is 875. The number of hydrogen-bond donors (Lipinski definition) is 0. The van der Waals surface area contributed by atoms with Crippen molar-refractivity contribution in [3.63, 3.8) is 0 Å². The third-order valence-electron chi connectivity index (χ3n) is 3.89. The van der Waals surface area contributed by atoms with Gasteiger partial charge in [-0.15, -0.1) is 0 Å². The van der Waals surface area contributed by atoms with E-state index in [1.807, 2.05) is 26.0 Å². The average Bonchev–Trinajstić information content (AvgIpc) is 2.59. The van der Waals surface area contributed by atoms with Gasteiger partial charge in [0.25, 0.3) is 10.0 Å². The van der Waals surface area contributed by atoms with Crippen LogP contribution >= 0.6 is 0 Å². The molecule has 0 spiro atoms. The van der Waals surface area contributed by atoms with Crippen molar-refractivity contribution in [2.75, 3.05) is 10.8 Å². The third kappa shape index (κ3) is 5.29. The number of carbonyl (C=O) groups is 1. The van der Waals surface area contributed by atoms with Crippen LogP contribution in [0.4, 0.5) is 10.1 Å². The molecule has 5 nitrogen and oxygen atoms in total.